The van der Waals surface area contributed by atoms with Crippen molar-refractivity contribution < 1.29 is 0 Å². The van der Waals surface area contributed by atoms with Gasteiger partial charge in [0.15, 0.2) is 0 Å². The molecule has 0 radical (unpaired) electrons. The molecule has 0 amide bonds. The average molecular weight is 166 g/mol. The van der Waals surface area contributed by atoms with Gasteiger partial charge in [0, 0.05) is 6.54 Å². The van der Waals surface area contributed by atoms with E-state index in [0.717, 1.165) is 6.42 Å². The van der Waals surface area contributed by atoms with Crippen LogP contribution in [0.3, 0.4) is 0 Å². The Labute approximate surface area is 75.3 Å². The number of nitriles is 1. The lowest BCUT2D eigenvalue weighted by Gasteiger charge is -2.21. The average Bonchev–Trinajstić information content (AvgIpc) is 1.95. The summed E-state index contributed by atoms with van der Waals surface area (Å²) in [6.07, 6.45) is 2.64. The molecule has 0 aliphatic carbocycles. The van der Waals surface area contributed by atoms with Gasteiger partial charge in [0.1, 0.15) is 0 Å². The molecule has 0 saturated heterocycles. The van der Waals surface area contributed by atoms with Crippen LogP contribution in [0.2, 0.25) is 0 Å². The number of rotatable bonds is 4. The Morgan fingerprint density at radius 3 is 2.50 bits per heavy atom. The summed E-state index contributed by atoms with van der Waals surface area (Å²) in [5, 5.41) is 11.9. The highest BCUT2D eigenvalue weighted by atomic mass is 14.9. The molecule has 2 nitrogen and oxygen atoms in total. The second-order valence-electron chi connectivity index (χ2n) is 4.14. The summed E-state index contributed by atoms with van der Waals surface area (Å²) in [7, 11) is 0. The zero-order chi connectivity index (χ0) is 9.61. The fourth-order valence-corrected chi connectivity index (χ4v) is 1.00. The molecule has 2 heteroatoms. The van der Waals surface area contributed by atoms with Crippen molar-refractivity contribution in [2.24, 2.45) is 5.41 Å². The molecule has 12 heavy (non-hydrogen) atoms. The van der Waals surface area contributed by atoms with Gasteiger partial charge in [0.25, 0.3) is 0 Å². The van der Waals surface area contributed by atoms with Crippen molar-refractivity contribution in [1.29, 1.82) is 5.26 Å². The molecule has 0 aliphatic rings. The van der Waals surface area contributed by atoms with E-state index >= 15 is 0 Å². The van der Waals surface area contributed by atoms with Crippen molar-refractivity contribution in [3.05, 3.63) is 12.7 Å². The van der Waals surface area contributed by atoms with Gasteiger partial charge < -0.3 is 0 Å². The molecule has 1 N–H and O–H groups in total. The maximum absolute atomic E-state index is 8.77. The van der Waals surface area contributed by atoms with Crippen molar-refractivity contribution >= 4 is 0 Å². The minimum absolute atomic E-state index is 0.0528. The first kappa shape index (κ1) is 11.2. The van der Waals surface area contributed by atoms with Crippen LogP contribution in [0.1, 0.15) is 27.2 Å². The van der Waals surface area contributed by atoms with Crippen LogP contribution in [0, 0.1) is 16.7 Å². The van der Waals surface area contributed by atoms with Gasteiger partial charge >= 0.3 is 0 Å². The van der Waals surface area contributed by atoms with Crippen molar-refractivity contribution in [1.82, 2.24) is 5.32 Å². The molecule has 0 aromatic carbocycles. The second kappa shape index (κ2) is 4.95. The minimum atomic E-state index is -0.0528. The van der Waals surface area contributed by atoms with Crippen molar-refractivity contribution in [2.45, 2.75) is 33.2 Å². The van der Waals surface area contributed by atoms with Gasteiger partial charge in [-0.3, -0.25) is 5.32 Å². The third-order valence-electron chi connectivity index (χ3n) is 1.48. The molecule has 1 unspecified atom stereocenters. The molecule has 0 heterocycles. The molecular formula is C10H18N2. The predicted octanol–water partition coefficient (Wildman–Crippen LogP) is 2.09. The fraction of sp³-hybridized carbons (Fsp3) is 0.700. The number of hydrogen-bond acceptors (Lipinski definition) is 2. The summed E-state index contributed by atoms with van der Waals surface area (Å²) in [5.41, 5.74) is 0.203. The highest BCUT2D eigenvalue weighted by Crippen LogP contribution is 2.20. The Kier molecular flexibility index (Phi) is 4.61. The Hall–Kier alpha value is -0.810. The van der Waals surface area contributed by atoms with Crippen molar-refractivity contribution in [2.75, 3.05) is 6.54 Å². The van der Waals surface area contributed by atoms with Crippen LogP contribution in [0.15, 0.2) is 12.7 Å². The predicted molar refractivity (Wildman–Crippen MR) is 51.7 cm³/mol. The standard InChI is InChI=1S/C10H18N2/c1-5-6-12-9(8-11)7-10(2,3)4/h5,9,12H,1,6-7H2,2-4H3. The van der Waals surface area contributed by atoms with E-state index in [-0.39, 0.29) is 11.5 Å². The van der Waals surface area contributed by atoms with E-state index in [0.29, 0.717) is 6.54 Å². The molecule has 0 aliphatic heterocycles. The van der Waals surface area contributed by atoms with Gasteiger partial charge in [-0.15, -0.1) is 6.58 Å². The van der Waals surface area contributed by atoms with Crippen LogP contribution in [0.25, 0.3) is 0 Å². The Morgan fingerprint density at radius 2 is 2.17 bits per heavy atom. The highest BCUT2D eigenvalue weighted by Gasteiger charge is 2.16. The molecule has 0 spiro atoms. The SMILES string of the molecule is C=CCNC(C#N)CC(C)(C)C. The van der Waals surface area contributed by atoms with Gasteiger partial charge in [-0.2, -0.15) is 5.26 Å². The topological polar surface area (TPSA) is 35.8 Å². The van der Waals surface area contributed by atoms with Crippen LogP contribution in [-0.4, -0.2) is 12.6 Å². The molecule has 1 atom stereocenters. The van der Waals surface area contributed by atoms with E-state index in [1.165, 1.54) is 0 Å². The number of nitrogens with zero attached hydrogens (tertiary/aromatic N) is 1. The lowest BCUT2D eigenvalue weighted by atomic mass is 9.88. The number of hydrogen-bond donors (Lipinski definition) is 1. The molecule has 0 bridgehead atoms. The Balaban J connectivity index is 3.85. The third-order valence-corrected chi connectivity index (χ3v) is 1.48. The third kappa shape index (κ3) is 5.94. The second-order valence-corrected chi connectivity index (χ2v) is 4.14. The first-order valence-electron chi connectivity index (χ1n) is 4.23. The lowest BCUT2D eigenvalue weighted by Crippen LogP contribution is -2.31. The minimum Gasteiger partial charge on any atom is -0.298 e. The summed E-state index contributed by atoms with van der Waals surface area (Å²) >= 11 is 0. The monoisotopic (exact) mass is 166 g/mol. The van der Waals surface area contributed by atoms with Crippen LogP contribution in [-0.2, 0) is 0 Å². The summed E-state index contributed by atoms with van der Waals surface area (Å²) in [5.74, 6) is 0. The van der Waals surface area contributed by atoms with Gasteiger partial charge in [-0.05, 0) is 11.8 Å². The maximum atomic E-state index is 8.77. The quantitative estimate of drug-likeness (QED) is 0.649. The van der Waals surface area contributed by atoms with Gasteiger partial charge in [0.05, 0.1) is 12.1 Å². The summed E-state index contributed by atoms with van der Waals surface area (Å²) < 4.78 is 0. The summed E-state index contributed by atoms with van der Waals surface area (Å²) in [6.45, 7) is 10.7. The zero-order valence-electron chi connectivity index (χ0n) is 8.22. The van der Waals surface area contributed by atoms with Crippen molar-refractivity contribution in [3.63, 3.8) is 0 Å². The summed E-state index contributed by atoms with van der Waals surface area (Å²) in [4.78, 5) is 0. The molecule has 0 fully saturated rings. The molecule has 0 rings (SSSR count). The highest BCUT2D eigenvalue weighted by molar-refractivity contribution is 4.93. The van der Waals surface area contributed by atoms with Gasteiger partial charge in [0.2, 0.25) is 0 Å². The number of nitrogens with one attached hydrogen (secondary N) is 1. The fourth-order valence-electron chi connectivity index (χ4n) is 1.00. The van der Waals surface area contributed by atoms with E-state index in [4.69, 9.17) is 5.26 Å². The first-order chi connectivity index (χ1) is 5.49. The smallest absolute Gasteiger partial charge is 0.0960 e. The Morgan fingerprint density at radius 1 is 1.58 bits per heavy atom. The molecule has 0 aromatic heterocycles. The molecular weight excluding hydrogens is 148 g/mol. The summed E-state index contributed by atoms with van der Waals surface area (Å²) in [6, 6.07) is 2.18. The maximum Gasteiger partial charge on any atom is 0.0960 e. The molecule has 0 aromatic rings. The van der Waals surface area contributed by atoms with Crippen molar-refractivity contribution in [3.8, 4) is 6.07 Å². The normalized spacial score (nSPS) is 13.5. The molecule has 0 saturated carbocycles. The first-order valence-corrected chi connectivity index (χ1v) is 4.23. The van der Waals surface area contributed by atoms with Gasteiger partial charge in [-0.25, -0.2) is 0 Å². The van der Waals surface area contributed by atoms with E-state index in [1.54, 1.807) is 6.08 Å². The van der Waals surface area contributed by atoms with E-state index in [1.807, 2.05) is 0 Å². The van der Waals surface area contributed by atoms with E-state index in [2.05, 4.69) is 38.7 Å². The van der Waals surface area contributed by atoms with E-state index < -0.39 is 0 Å². The Bertz CT molecular complexity index is 171. The lowest BCUT2D eigenvalue weighted by molar-refractivity contribution is 0.343. The van der Waals surface area contributed by atoms with Gasteiger partial charge in [-0.1, -0.05) is 26.8 Å². The van der Waals surface area contributed by atoms with Crippen LogP contribution >= 0.6 is 0 Å². The van der Waals surface area contributed by atoms with Crippen LogP contribution < -0.4 is 5.32 Å². The largest absolute Gasteiger partial charge is 0.298 e. The van der Waals surface area contributed by atoms with E-state index in [9.17, 15) is 0 Å². The zero-order valence-corrected chi connectivity index (χ0v) is 8.22. The van der Waals surface area contributed by atoms with Crippen LogP contribution in [0.4, 0.5) is 0 Å². The van der Waals surface area contributed by atoms with Crippen LogP contribution in [0.5, 0.6) is 0 Å². The molecule has 68 valence electrons.